The van der Waals surface area contributed by atoms with E-state index < -0.39 is 0 Å². The predicted molar refractivity (Wildman–Crippen MR) is 29.0 cm³/mol. The number of carbonyl (C=O) groups excluding carboxylic acids is 2. The van der Waals surface area contributed by atoms with Crippen molar-refractivity contribution in [1.82, 2.24) is 4.90 Å². The minimum Gasteiger partial charge on any atom is -0.315 e. The first-order valence-electron chi connectivity index (χ1n) is 2.12. The smallest absolute Gasteiger partial charge is 0.214 e. The first-order valence-corrected chi connectivity index (χ1v) is 2.12. The summed E-state index contributed by atoms with van der Waals surface area (Å²) in [7, 11) is 0. The number of amides is 1. The second kappa shape index (κ2) is 4.05. The van der Waals surface area contributed by atoms with Gasteiger partial charge in [-0.05, 0) is 6.20 Å². The normalized spacial score (nSPS) is 7.50. The molecule has 0 aromatic rings. The van der Waals surface area contributed by atoms with Gasteiger partial charge >= 0.3 is 0 Å². The monoisotopic (exact) mass is 113 g/mol. The highest BCUT2D eigenvalue weighted by molar-refractivity contribution is 5.60. The molecule has 3 heteroatoms. The Morgan fingerprint density at radius 1 is 1.50 bits per heavy atom. The van der Waals surface area contributed by atoms with Gasteiger partial charge < -0.3 is 9.69 Å². The second-order valence-electron chi connectivity index (χ2n) is 1.15. The Hall–Kier alpha value is -1.12. The van der Waals surface area contributed by atoms with Gasteiger partial charge in [-0.3, -0.25) is 4.79 Å². The van der Waals surface area contributed by atoms with E-state index in [0.717, 1.165) is 4.90 Å². The summed E-state index contributed by atoms with van der Waals surface area (Å²) in [4.78, 5) is 20.7. The van der Waals surface area contributed by atoms with Crippen LogP contribution < -0.4 is 0 Å². The number of carbonyl (C=O) groups is 2. The SMILES string of the molecule is C=CN(C=O)CC=O. The zero-order chi connectivity index (χ0) is 6.41. The zero-order valence-corrected chi connectivity index (χ0v) is 4.41. The van der Waals surface area contributed by atoms with E-state index in [2.05, 4.69) is 6.58 Å². The van der Waals surface area contributed by atoms with Crippen molar-refractivity contribution in [3.05, 3.63) is 12.8 Å². The Balaban J connectivity index is 3.50. The van der Waals surface area contributed by atoms with E-state index in [1.807, 2.05) is 0 Å². The van der Waals surface area contributed by atoms with Crippen LogP contribution in [0.2, 0.25) is 0 Å². The molecule has 0 saturated heterocycles. The van der Waals surface area contributed by atoms with Crippen LogP contribution in [0.1, 0.15) is 0 Å². The van der Waals surface area contributed by atoms with Gasteiger partial charge in [0.1, 0.15) is 6.29 Å². The van der Waals surface area contributed by atoms with Gasteiger partial charge in [0.25, 0.3) is 0 Å². The molecule has 0 aliphatic rings. The Labute approximate surface area is 47.6 Å². The van der Waals surface area contributed by atoms with Crippen LogP contribution in [0.5, 0.6) is 0 Å². The highest BCUT2D eigenvalue weighted by atomic mass is 16.1. The molecule has 0 fully saturated rings. The van der Waals surface area contributed by atoms with E-state index in [9.17, 15) is 9.59 Å². The molecule has 0 aromatic heterocycles. The van der Waals surface area contributed by atoms with Gasteiger partial charge in [-0.2, -0.15) is 0 Å². The Morgan fingerprint density at radius 2 is 2.12 bits per heavy atom. The van der Waals surface area contributed by atoms with Crippen molar-refractivity contribution in [2.24, 2.45) is 0 Å². The summed E-state index contributed by atoms with van der Waals surface area (Å²) in [5, 5.41) is 0. The van der Waals surface area contributed by atoms with Crippen molar-refractivity contribution in [2.75, 3.05) is 6.54 Å². The van der Waals surface area contributed by atoms with E-state index in [4.69, 9.17) is 0 Å². The van der Waals surface area contributed by atoms with Gasteiger partial charge in [-0.25, -0.2) is 0 Å². The van der Waals surface area contributed by atoms with Crippen molar-refractivity contribution in [3.8, 4) is 0 Å². The van der Waals surface area contributed by atoms with Crippen molar-refractivity contribution >= 4 is 12.7 Å². The van der Waals surface area contributed by atoms with Crippen LogP contribution in [-0.4, -0.2) is 24.1 Å². The third-order valence-corrected chi connectivity index (χ3v) is 0.655. The summed E-state index contributed by atoms with van der Waals surface area (Å²) in [5.74, 6) is 0. The lowest BCUT2D eigenvalue weighted by Crippen LogP contribution is -2.16. The molecular formula is C5H7NO2. The molecule has 0 atom stereocenters. The van der Waals surface area contributed by atoms with Crippen molar-refractivity contribution in [1.29, 1.82) is 0 Å². The van der Waals surface area contributed by atoms with Crippen LogP contribution >= 0.6 is 0 Å². The second-order valence-corrected chi connectivity index (χ2v) is 1.15. The predicted octanol–water partition coefficient (Wildman–Crippen LogP) is -0.213. The molecule has 0 aliphatic carbocycles. The first-order chi connectivity index (χ1) is 3.85. The third-order valence-electron chi connectivity index (χ3n) is 0.655. The average Bonchev–Trinajstić information content (AvgIpc) is 1.83. The van der Waals surface area contributed by atoms with E-state index in [1.54, 1.807) is 0 Å². The average molecular weight is 113 g/mol. The fourth-order valence-electron chi connectivity index (χ4n) is 0.247. The lowest BCUT2D eigenvalue weighted by molar-refractivity contribution is -0.119. The highest BCUT2D eigenvalue weighted by Crippen LogP contribution is 1.75. The van der Waals surface area contributed by atoms with E-state index in [-0.39, 0.29) is 6.54 Å². The number of nitrogens with zero attached hydrogens (tertiary/aromatic N) is 1. The van der Waals surface area contributed by atoms with Gasteiger partial charge in [0.2, 0.25) is 6.41 Å². The molecule has 0 spiro atoms. The van der Waals surface area contributed by atoms with Gasteiger partial charge in [-0.15, -0.1) is 0 Å². The summed E-state index contributed by atoms with van der Waals surface area (Å²) in [6, 6.07) is 0. The third kappa shape index (κ3) is 2.12. The Bertz CT molecular complexity index is 92.6. The molecule has 0 saturated carbocycles. The molecule has 44 valence electrons. The minimum atomic E-state index is 0.0903. The molecule has 0 N–H and O–H groups in total. The van der Waals surface area contributed by atoms with Gasteiger partial charge in [0, 0.05) is 0 Å². The van der Waals surface area contributed by atoms with Crippen molar-refractivity contribution in [2.45, 2.75) is 0 Å². The van der Waals surface area contributed by atoms with E-state index in [0.29, 0.717) is 12.7 Å². The quantitative estimate of drug-likeness (QED) is 0.473. The number of hydrogen-bond donors (Lipinski definition) is 0. The van der Waals surface area contributed by atoms with E-state index >= 15 is 0 Å². The molecule has 0 unspecified atom stereocenters. The largest absolute Gasteiger partial charge is 0.315 e. The minimum absolute atomic E-state index is 0.0903. The fraction of sp³-hybridized carbons (Fsp3) is 0.200. The molecule has 8 heavy (non-hydrogen) atoms. The lowest BCUT2D eigenvalue weighted by atomic mass is 10.6. The number of aldehydes is 1. The van der Waals surface area contributed by atoms with Gasteiger partial charge in [0.15, 0.2) is 0 Å². The first kappa shape index (κ1) is 6.88. The molecule has 1 amide bonds. The maximum absolute atomic E-state index is 9.82. The van der Waals surface area contributed by atoms with Crippen LogP contribution in [0, 0.1) is 0 Å². The fourth-order valence-corrected chi connectivity index (χ4v) is 0.247. The van der Waals surface area contributed by atoms with Crippen LogP contribution in [0.4, 0.5) is 0 Å². The molecule has 3 nitrogen and oxygen atoms in total. The van der Waals surface area contributed by atoms with Crippen molar-refractivity contribution in [3.63, 3.8) is 0 Å². The zero-order valence-electron chi connectivity index (χ0n) is 4.41. The van der Waals surface area contributed by atoms with E-state index in [1.165, 1.54) is 6.20 Å². The molecule has 0 radical (unpaired) electrons. The Kier molecular flexibility index (Phi) is 3.48. The van der Waals surface area contributed by atoms with Crippen LogP contribution in [-0.2, 0) is 9.59 Å². The van der Waals surface area contributed by atoms with Crippen LogP contribution in [0.15, 0.2) is 12.8 Å². The maximum atomic E-state index is 9.82. The summed E-state index contributed by atoms with van der Waals surface area (Å²) >= 11 is 0. The Morgan fingerprint density at radius 3 is 2.25 bits per heavy atom. The molecule has 0 bridgehead atoms. The van der Waals surface area contributed by atoms with Crippen LogP contribution in [0.25, 0.3) is 0 Å². The molecule has 0 aromatic carbocycles. The van der Waals surface area contributed by atoms with Crippen molar-refractivity contribution < 1.29 is 9.59 Å². The number of hydrogen-bond acceptors (Lipinski definition) is 2. The number of rotatable bonds is 4. The van der Waals surface area contributed by atoms with Crippen LogP contribution in [0.3, 0.4) is 0 Å². The topological polar surface area (TPSA) is 37.4 Å². The summed E-state index contributed by atoms with van der Waals surface area (Å²) in [6.45, 7) is 3.38. The summed E-state index contributed by atoms with van der Waals surface area (Å²) in [5.41, 5.74) is 0. The van der Waals surface area contributed by atoms with Gasteiger partial charge in [0.05, 0.1) is 6.54 Å². The molecule has 0 rings (SSSR count). The molecule has 0 aliphatic heterocycles. The molecule has 0 heterocycles. The standard InChI is InChI=1S/C5H7NO2/c1-2-6(5-8)3-4-7/h2,4-5H,1,3H2. The molecular weight excluding hydrogens is 106 g/mol. The highest BCUT2D eigenvalue weighted by Gasteiger charge is 1.88. The summed E-state index contributed by atoms with van der Waals surface area (Å²) < 4.78 is 0. The summed E-state index contributed by atoms with van der Waals surface area (Å²) in [6.07, 6.45) is 2.47. The van der Waals surface area contributed by atoms with Gasteiger partial charge in [-0.1, -0.05) is 6.58 Å². The lowest BCUT2D eigenvalue weighted by Gasteiger charge is -2.03. The maximum Gasteiger partial charge on any atom is 0.214 e.